The highest BCUT2D eigenvalue weighted by molar-refractivity contribution is 5.84. The summed E-state index contributed by atoms with van der Waals surface area (Å²) in [5.41, 5.74) is 4.27. The highest BCUT2D eigenvalue weighted by Gasteiger charge is 2.10. The monoisotopic (exact) mass is 266 g/mol. The molecule has 0 amide bonds. The Morgan fingerprint density at radius 3 is 2.55 bits per heavy atom. The van der Waals surface area contributed by atoms with Crippen molar-refractivity contribution < 1.29 is 4.74 Å². The molecule has 0 bridgehead atoms. The molecule has 0 aliphatic carbocycles. The molecule has 3 aromatic rings. The van der Waals surface area contributed by atoms with E-state index in [9.17, 15) is 0 Å². The Hall–Kier alpha value is -2.66. The number of nitrogen functional groups attached to an aromatic ring is 1. The minimum absolute atomic E-state index is 0.326. The predicted molar refractivity (Wildman–Crippen MR) is 78.6 cm³/mol. The molecule has 3 rings (SSSR count). The molecule has 1 heterocycles. The molecule has 5 heteroatoms. The van der Waals surface area contributed by atoms with Crippen molar-refractivity contribution in [3.8, 4) is 11.6 Å². The standard InChI is InChI=1S/C15H14N4O/c1-10-6-2-5-9-13(10)20-14-11-7-3-4-8-12(11)17-15(18-14)19-16/h2-9H,16H2,1H3,(H,17,18,19). The maximum absolute atomic E-state index is 5.92. The van der Waals surface area contributed by atoms with Crippen molar-refractivity contribution in [1.82, 2.24) is 9.97 Å². The predicted octanol–water partition coefficient (Wildman–Crippen LogP) is 3.02. The van der Waals surface area contributed by atoms with Crippen LogP contribution < -0.4 is 16.0 Å². The number of rotatable bonds is 3. The third-order valence-corrected chi connectivity index (χ3v) is 3.00. The van der Waals surface area contributed by atoms with E-state index < -0.39 is 0 Å². The number of aryl methyl sites for hydroxylation is 1. The number of hydrogen-bond donors (Lipinski definition) is 2. The lowest BCUT2D eigenvalue weighted by molar-refractivity contribution is 0.465. The Labute approximate surface area is 116 Å². The van der Waals surface area contributed by atoms with E-state index in [-0.39, 0.29) is 0 Å². The number of para-hydroxylation sites is 2. The first-order chi connectivity index (χ1) is 9.78. The van der Waals surface area contributed by atoms with Crippen LogP contribution >= 0.6 is 0 Å². The highest BCUT2D eigenvalue weighted by atomic mass is 16.5. The van der Waals surface area contributed by atoms with E-state index in [1.807, 2.05) is 55.5 Å². The van der Waals surface area contributed by atoms with Crippen LogP contribution in [0.3, 0.4) is 0 Å². The van der Waals surface area contributed by atoms with Gasteiger partial charge in [0.15, 0.2) is 0 Å². The van der Waals surface area contributed by atoms with Crippen LogP contribution in [0, 0.1) is 6.92 Å². The normalized spacial score (nSPS) is 10.5. The third kappa shape index (κ3) is 2.26. The van der Waals surface area contributed by atoms with Crippen molar-refractivity contribution in [3.63, 3.8) is 0 Å². The van der Waals surface area contributed by atoms with Crippen LogP contribution in [-0.4, -0.2) is 9.97 Å². The first-order valence-corrected chi connectivity index (χ1v) is 6.25. The van der Waals surface area contributed by atoms with Crippen molar-refractivity contribution in [2.75, 3.05) is 5.43 Å². The Kier molecular flexibility index (Phi) is 3.18. The molecule has 100 valence electrons. The summed E-state index contributed by atoms with van der Waals surface area (Å²) in [7, 11) is 0. The second kappa shape index (κ2) is 5.14. The topological polar surface area (TPSA) is 73.1 Å². The van der Waals surface area contributed by atoms with Crippen LogP contribution in [0.2, 0.25) is 0 Å². The summed E-state index contributed by atoms with van der Waals surface area (Å²) < 4.78 is 5.92. The van der Waals surface area contributed by atoms with Gasteiger partial charge in [-0.05, 0) is 30.7 Å². The highest BCUT2D eigenvalue weighted by Crippen LogP contribution is 2.29. The van der Waals surface area contributed by atoms with Crippen LogP contribution in [0.5, 0.6) is 11.6 Å². The van der Waals surface area contributed by atoms with E-state index in [4.69, 9.17) is 10.6 Å². The van der Waals surface area contributed by atoms with E-state index in [1.165, 1.54) is 0 Å². The molecule has 0 saturated heterocycles. The fourth-order valence-corrected chi connectivity index (χ4v) is 1.96. The van der Waals surface area contributed by atoms with E-state index in [1.54, 1.807) is 0 Å². The van der Waals surface area contributed by atoms with Crippen molar-refractivity contribution in [1.29, 1.82) is 0 Å². The Balaban J connectivity index is 2.13. The quantitative estimate of drug-likeness (QED) is 0.563. The van der Waals surface area contributed by atoms with E-state index >= 15 is 0 Å². The molecule has 20 heavy (non-hydrogen) atoms. The maximum Gasteiger partial charge on any atom is 0.241 e. The fourth-order valence-electron chi connectivity index (χ4n) is 1.96. The minimum Gasteiger partial charge on any atom is -0.438 e. The maximum atomic E-state index is 5.92. The van der Waals surface area contributed by atoms with E-state index in [2.05, 4.69) is 15.4 Å². The molecule has 5 nitrogen and oxygen atoms in total. The van der Waals surface area contributed by atoms with Gasteiger partial charge in [-0.1, -0.05) is 30.3 Å². The number of anilines is 1. The van der Waals surface area contributed by atoms with Gasteiger partial charge >= 0.3 is 0 Å². The second-order valence-electron chi connectivity index (χ2n) is 4.38. The number of fused-ring (bicyclic) bond motifs is 1. The summed E-state index contributed by atoms with van der Waals surface area (Å²) in [5, 5.41) is 0.842. The number of nitrogens with two attached hydrogens (primary N) is 1. The van der Waals surface area contributed by atoms with Gasteiger partial charge in [-0.2, -0.15) is 4.98 Å². The van der Waals surface area contributed by atoms with Gasteiger partial charge in [0.05, 0.1) is 10.9 Å². The van der Waals surface area contributed by atoms with Crippen molar-refractivity contribution in [2.45, 2.75) is 6.92 Å². The fraction of sp³-hybridized carbons (Fsp3) is 0.0667. The largest absolute Gasteiger partial charge is 0.438 e. The Morgan fingerprint density at radius 1 is 1.00 bits per heavy atom. The van der Waals surface area contributed by atoms with Gasteiger partial charge in [-0.3, -0.25) is 5.43 Å². The van der Waals surface area contributed by atoms with Gasteiger partial charge < -0.3 is 4.74 Å². The number of nitrogens with zero attached hydrogens (tertiary/aromatic N) is 2. The van der Waals surface area contributed by atoms with Crippen molar-refractivity contribution >= 4 is 16.9 Å². The van der Waals surface area contributed by atoms with Gasteiger partial charge in [0.2, 0.25) is 11.8 Å². The van der Waals surface area contributed by atoms with Crippen molar-refractivity contribution in [3.05, 3.63) is 54.1 Å². The Morgan fingerprint density at radius 2 is 1.75 bits per heavy atom. The molecule has 0 unspecified atom stereocenters. The summed E-state index contributed by atoms with van der Waals surface area (Å²) in [4.78, 5) is 8.58. The molecule has 3 N–H and O–H groups in total. The zero-order chi connectivity index (χ0) is 13.9. The smallest absolute Gasteiger partial charge is 0.241 e. The van der Waals surface area contributed by atoms with Gasteiger partial charge in [-0.25, -0.2) is 10.8 Å². The lowest BCUT2D eigenvalue weighted by Gasteiger charge is -2.11. The Bertz CT molecular complexity index is 758. The van der Waals surface area contributed by atoms with Crippen molar-refractivity contribution in [2.24, 2.45) is 5.84 Å². The zero-order valence-electron chi connectivity index (χ0n) is 11.0. The summed E-state index contributed by atoms with van der Waals surface area (Å²) in [6, 6.07) is 15.4. The van der Waals surface area contributed by atoms with Crippen LogP contribution in [-0.2, 0) is 0 Å². The van der Waals surface area contributed by atoms with Gasteiger partial charge in [0.25, 0.3) is 0 Å². The van der Waals surface area contributed by atoms with Crippen LogP contribution in [0.1, 0.15) is 5.56 Å². The van der Waals surface area contributed by atoms with E-state index in [0.29, 0.717) is 11.8 Å². The molecule has 0 aliphatic rings. The zero-order valence-corrected chi connectivity index (χ0v) is 11.0. The number of benzene rings is 2. The summed E-state index contributed by atoms with van der Waals surface area (Å²) in [6.45, 7) is 1.99. The summed E-state index contributed by atoms with van der Waals surface area (Å²) in [5.74, 6) is 6.98. The first kappa shape index (κ1) is 12.4. The molecular weight excluding hydrogens is 252 g/mol. The molecule has 0 saturated carbocycles. The number of ether oxygens (including phenoxy) is 1. The first-order valence-electron chi connectivity index (χ1n) is 6.25. The van der Waals surface area contributed by atoms with Crippen LogP contribution in [0.15, 0.2) is 48.5 Å². The molecule has 1 aromatic heterocycles. The number of hydrogen-bond acceptors (Lipinski definition) is 5. The summed E-state index contributed by atoms with van der Waals surface area (Å²) >= 11 is 0. The van der Waals surface area contributed by atoms with Gasteiger partial charge in [0, 0.05) is 0 Å². The number of hydrazine groups is 1. The average molecular weight is 266 g/mol. The van der Waals surface area contributed by atoms with Gasteiger partial charge in [0.1, 0.15) is 5.75 Å². The minimum atomic E-state index is 0.326. The second-order valence-corrected chi connectivity index (χ2v) is 4.38. The van der Waals surface area contributed by atoms with Gasteiger partial charge in [-0.15, -0.1) is 0 Å². The number of aromatic nitrogens is 2. The molecule has 0 radical (unpaired) electrons. The van der Waals surface area contributed by atoms with Crippen LogP contribution in [0.25, 0.3) is 10.9 Å². The summed E-state index contributed by atoms with van der Waals surface area (Å²) in [6.07, 6.45) is 0. The molecular formula is C15H14N4O. The third-order valence-electron chi connectivity index (χ3n) is 3.00. The molecule has 0 atom stereocenters. The SMILES string of the molecule is Cc1ccccc1Oc1nc(NN)nc2ccccc12. The molecule has 0 fully saturated rings. The molecule has 0 spiro atoms. The lowest BCUT2D eigenvalue weighted by Crippen LogP contribution is -2.11. The lowest BCUT2D eigenvalue weighted by atomic mass is 10.2. The molecule has 2 aromatic carbocycles. The van der Waals surface area contributed by atoms with Crippen LogP contribution in [0.4, 0.5) is 5.95 Å². The number of nitrogens with one attached hydrogen (secondary N) is 1. The molecule has 0 aliphatic heterocycles. The average Bonchev–Trinajstić information content (AvgIpc) is 2.49. The van der Waals surface area contributed by atoms with E-state index in [0.717, 1.165) is 22.2 Å².